The molecule has 0 fully saturated rings. The lowest BCUT2D eigenvalue weighted by Gasteiger charge is -2.16. The quantitative estimate of drug-likeness (QED) is 0.872. The van der Waals surface area contributed by atoms with Crippen LogP contribution in [0.2, 0.25) is 0 Å². The Morgan fingerprint density at radius 1 is 1.36 bits per heavy atom. The molecule has 0 bridgehead atoms. The third-order valence-electron chi connectivity index (χ3n) is 3.38. The van der Waals surface area contributed by atoms with Crippen molar-refractivity contribution in [2.75, 3.05) is 12.8 Å². The van der Waals surface area contributed by atoms with Gasteiger partial charge in [-0.2, -0.15) is 0 Å². The van der Waals surface area contributed by atoms with E-state index in [2.05, 4.69) is 14.7 Å². The van der Waals surface area contributed by atoms with Gasteiger partial charge in [0.2, 0.25) is 15.9 Å². The lowest BCUT2D eigenvalue weighted by molar-refractivity contribution is -0.131. The molecule has 1 amide bonds. The molecule has 0 atom stereocenters. The third-order valence-corrected chi connectivity index (χ3v) is 4.11. The molecule has 8 heteroatoms. The number of aromatic nitrogens is 2. The Bertz CT molecular complexity index is 680. The number of carbonyl (C=O) groups is 1. The fraction of sp³-hybridized carbons (Fsp3) is 0.643. The Morgan fingerprint density at radius 3 is 2.64 bits per heavy atom. The highest BCUT2D eigenvalue weighted by Crippen LogP contribution is 2.24. The standard InChI is InChI=1S/C14H22N4O3S/c1-14(2,3)13-15-7-10-8-18(9-11(10)17-13)12(19)5-6-16-22(4,20)21/h7,16H,5-6,8-9H2,1-4H3. The van der Waals surface area contributed by atoms with E-state index in [1.54, 1.807) is 11.1 Å². The topological polar surface area (TPSA) is 92.3 Å². The molecular formula is C14H22N4O3S. The van der Waals surface area contributed by atoms with E-state index in [-0.39, 0.29) is 24.3 Å². The smallest absolute Gasteiger partial charge is 0.224 e. The maximum absolute atomic E-state index is 12.1. The summed E-state index contributed by atoms with van der Waals surface area (Å²) >= 11 is 0. The monoisotopic (exact) mass is 326 g/mol. The minimum atomic E-state index is -3.26. The largest absolute Gasteiger partial charge is 0.332 e. The number of nitrogens with zero attached hydrogens (tertiary/aromatic N) is 3. The van der Waals surface area contributed by atoms with Crippen LogP contribution in [-0.2, 0) is 33.3 Å². The molecule has 0 aromatic carbocycles. The average Bonchev–Trinajstić information content (AvgIpc) is 2.78. The summed E-state index contributed by atoms with van der Waals surface area (Å²) in [5.74, 6) is 0.672. The molecule has 1 aromatic heterocycles. The van der Waals surface area contributed by atoms with Crippen LogP contribution in [0, 0.1) is 0 Å². The number of hydrogen-bond donors (Lipinski definition) is 1. The van der Waals surface area contributed by atoms with E-state index >= 15 is 0 Å². The lowest BCUT2D eigenvalue weighted by atomic mass is 9.95. The number of sulfonamides is 1. The lowest BCUT2D eigenvalue weighted by Crippen LogP contribution is -2.31. The van der Waals surface area contributed by atoms with Crippen LogP contribution in [-0.4, -0.2) is 42.0 Å². The van der Waals surface area contributed by atoms with Crippen molar-refractivity contribution in [1.29, 1.82) is 0 Å². The third kappa shape index (κ3) is 4.23. The Kier molecular flexibility index (Phi) is 4.53. The van der Waals surface area contributed by atoms with Gasteiger partial charge in [-0.15, -0.1) is 0 Å². The minimum Gasteiger partial charge on any atom is -0.332 e. The van der Waals surface area contributed by atoms with Gasteiger partial charge in [-0.25, -0.2) is 23.1 Å². The Hall–Kier alpha value is -1.54. The highest BCUT2D eigenvalue weighted by molar-refractivity contribution is 7.88. The van der Waals surface area contributed by atoms with Crippen LogP contribution in [0.3, 0.4) is 0 Å². The molecular weight excluding hydrogens is 304 g/mol. The maximum atomic E-state index is 12.1. The molecule has 0 unspecified atom stereocenters. The van der Waals surface area contributed by atoms with Crippen LogP contribution < -0.4 is 4.72 Å². The van der Waals surface area contributed by atoms with Gasteiger partial charge in [-0.3, -0.25) is 4.79 Å². The van der Waals surface area contributed by atoms with E-state index in [9.17, 15) is 13.2 Å². The number of hydrogen-bond acceptors (Lipinski definition) is 5. The van der Waals surface area contributed by atoms with Crippen molar-refractivity contribution in [2.45, 2.75) is 45.7 Å². The molecule has 0 aliphatic carbocycles. The first-order valence-corrected chi connectivity index (χ1v) is 9.03. The second-order valence-corrected chi connectivity index (χ2v) is 8.41. The first kappa shape index (κ1) is 16.8. The van der Waals surface area contributed by atoms with Crippen molar-refractivity contribution in [3.05, 3.63) is 23.3 Å². The summed E-state index contributed by atoms with van der Waals surface area (Å²) in [4.78, 5) is 22.7. The number of nitrogens with one attached hydrogen (secondary N) is 1. The summed E-state index contributed by atoms with van der Waals surface area (Å²) in [7, 11) is -3.26. The first-order chi connectivity index (χ1) is 10.1. The summed E-state index contributed by atoms with van der Waals surface area (Å²) in [6.45, 7) is 7.19. The predicted octanol–water partition coefficient (Wildman–Crippen LogP) is 0.556. The maximum Gasteiger partial charge on any atom is 0.224 e. The molecule has 0 radical (unpaired) electrons. The second-order valence-electron chi connectivity index (χ2n) is 6.58. The van der Waals surface area contributed by atoms with E-state index in [4.69, 9.17) is 0 Å². The number of amides is 1. The van der Waals surface area contributed by atoms with Crippen molar-refractivity contribution < 1.29 is 13.2 Å². The Labute approximate surface area is 131 Å². The van der Waals surface area contributed by atoms with Gasteiger partial charge < -0.3 is 4.90 Å². The second kappa shape index (κ2) is 5.92. The van der Waals surface area contributed by atoms with E-state index in [1.165, 1.54) is 0 Å². The summed E-state index contributed by atoms with van der Waals surface area (Å²) in [6.07, 6.45) is 3.00. The summed E-state index contributed by atoms with van der Waals surface area (Å²) < 4.78 is 24.3. The molecule has 122 valence electrons. The zero-order chi connectivity index (χ0) is 16.5. The van der Waals surface area contributed by atoms with Gasteiger partial charge in [0.1, 0.15) is 5.82 Å². The van der Waals surface area contributed by atoms with Crippen LogP contribution in [0.15, 0.2) is 6.20 Å². The van der Waals surface area contributed by atoms with Crippen molar-refractivity contribution in [3.8, 4) is 0 Å². The zero-order valence-corrected chi connectivity index (χ0v) is 14.2. The molecule has 2 rings (SSSR count). The number of carbonyl (C=O) groups excluding carboxylic acids is 1. The highest BCUT2D eigenvalue weighted by Gasteiger charge is 2.27. The molecule has 0 saturated heterocycles. The zero-order valence-electron chi connectivity index (χ0n) is 13.4. The number of rotatable bonds is 4. The summed E-state index contributed by atoms with van der Waals surface area (Å²) in [5.41, 5.74) is 1.70. The van der Waals surface area contributed by atoms with E-state index in [0.29, 0.717) is 13.1 Å². The minimum absolute atomic E-state index is 0.0912. The molecule has 0 spiro atoms. The van der Waals surface area contributed by atoms with Gasteiger partial charge in [0.15, 0.2) is 0 Å². The van der Waals surface area contributed by atoms with Crippen LogP contribution >= 0.6 is 0 Å². The van der Waals surface area contributed by atoms with Gasteiger partial charge in [0.25, 0.3) is 0 Å². The van der Waals surface area contributed by atoms with Crippen molar-refractivity contribution in [1.82, 2.24) is 19.6 Å². The molecule has 1 aliphatic heterocycles. The van der Waals surface area contributed by atoms with E-state index in [1.807, 2.05) is 20.8 Å². The Balaban J connectivity index is 1.98. The van der Waals surface area contributed by atoms with Crippen LogP contribution in [0.1, 0.15) is 44.3 Å². The van der Waals surface area contributed by atoms with E-state index in [0.717, 1.165) is 23.3 Å². The van der Waals surface area contributed by atoms with Gasteiger partial charge in [-0.05, 0) is 0 Å². The van der Waals surface area contributed by atoms with Gasteiger partial charge >= 0.3 is 0 Å². The van der Waals surface area contributed by atoms with Crippen molar-refractivity contribution in [2.24, 2.45) is 0 Å². The van der Waals surface area contributed by atoms with Crippen molar-refractivity contribution >= 4 is 15.9 Å². The molecule has 22 heavy (non-hydrogen) atoms. The fourth-order valence-corrected chi connectivity index (χ4v) is 2.67. The molecule has 1 aromatic rings. The highest BCUT2D eigenvalue weighted by atomic mass is 32.2. The Morgan fingerprint density at radius 2 is 2.05 bits per heavy atom. The summed E-state index contributed by atoms with van der Waals surface area (Å²) in [6, 6.07) is 0. The first-order valence-electron chi connectivity index (χ1n) is 7.14. The molecule has 2 heterocycles. The van der Waals surface area contributed by atoms with Crippen molar-refractivity contribution in [3.63, 3.8) is 0 Å². The average molecular weight is 326 g/mol. The molecule has 1 N–H and O–H groups in total. The van der Waals surface area contributed by atoms with Gasteiger partial charge in [0, 0.05) is 36.7 Å². The molecule has 0 saturated carbocycles. The van der Waals surface area contributed by atoms with Crippen LogP contribution in [0.5, 0.6) is 0 Å². The molecule has 1 aliphatic rings. The van der Waals surface area contributed by atoms with Crippen LogP contribution in [0.25, 0.3) is 0 Å². The number of fused-ring (bicyclic) bond motifs is 1. The van der Waals surface area contributed by atoms with Crippen LogP contribution in [0.4, 0.5) is 0 Å². The van der Waals surface area contributed by atoms with E-state index < -0.39 is 10.0 Å². The normalized spacial score (nSPS) is 15.0. The summed E-state index contributed by atoms with van der Waals surface area (Å²) in [5, 5.41) is 0. The SMILES string of the molecule is CC(C)(C)c1ncc2c(n1)CN(C(=O)CCNS(C)(=O)=O)C2. The predicted molar refractivity (Wildman–Crippen MR) is 82.4 cm³/mol. The van der Waals surface area contributed by atoms with Gasteiger partial charge in [0.05, 0.1) is 18.5 Å². The fourth-order valence-electron chi connectivity index (χ4n) is 2.19. The molecule has 7 nitrogen and oxygen atoms in total. The van der Waals surface area contributed by atoms with Gasteiger partial charge in [-0.1, -0.05) is 20.8 Å².